The van der Waals surface area contributed by atoms with Gasteiger partial charge in [0, 0.05) is 5.88 Å². The predicted molar refractivity (Wildman–Crippen MR) is 46.2 cm³/mol. The molecule has 0 aromatic heterocycles. The molecule has 1 aromatic rings. The summed E-state index contributed by atoms with van der Waals surface area (Å²) in [6.07, 6.45) is 3.67. The molecule has 0 aliphatic rings. The van der Waals surface area contributed by atoms with Gasteiger partial charge in [-0.3, -0.25) is 0 Å². The number of benzene rings is 1. The first-order chi connectivity index (χ1) is 5.33. The van der Waals surface area contributed by atoms with E-state index >= 15 is 0 Å². The maximum absolute atomic E-state index is 12.4. The number of hydrogen-bond donors (Lipinski definition) is 0. The summed E-state index contributed by atoms with van der Waals surface area (Å²) in [7, 11) is 0. The van der Waals surface area contributed by atoms with Gasteiger partial charge in [-0.25, -0.2) is 4.39 Å². The highest BCUT2D eigenvalue weighted by Gasteiger charge is 1.87. The van der Waals surface area contributed by atoms with Crippen molar-refractivity contribution in [3.05, 3.63) is 41.7 Å². The molecular formula is C9H8ClF. The Morgan fingerprint density at radius 2 is 1.91 bits per heavy atom. The van der Waals surface area contributed by atoms with E-state index in [0.29, 0.717) is 5.88 Å². The SMILES string of the molecule is Fc1ccc(/C=C\CCl)cc1. The van der Waals surface area contributed by atoms with Crippen LogP contribution in [-0.2, 0) is 0 Å². The van der Waals surface area contributed by atoms with E-state index < -0.39 is 0 Å². The average Bonchev–Trinajstić information content (AvgIpc) is 2.04. The Hall–Kier alpha value is -0.820. The van der Waals surface area contributed by atoms with Crippen molar-refractivity contribution in [1.82, 2.24) is 0 Å². The molecule has 0 aliphatic carbocycles. The topological polar surface area (TPSA) is 0 Å². The van der Waals surface area contributed by atoms with Crippen molar-refractivity contribution in [2.45, 2.75) is 0 Å². The van der Waals surface area contributed by atoms with Crippen molar-refractivity contribution in [2.75, 3.05) is 5.88 Å². The predicted octanol–water partition coefficient (Wildman–Crippen LogP) is 3.08. The van der Waals surface area contributed by atoms with Crippen LogP contribution in [0.5, 0.6) is 0 Å². The zero-order valence-electron chi connectivity index (χ0n) is 5.93. The maximum Gasteiger partial charge on any atom is 0.123 e. The Bertz CT molecular complexity index is 238. The standard InChI is InChI=1S/C9H8ClF/c10-7-1-2-8-3-5-9(11)6-4-8/h1-6H,7H2/b2-1-. The van der Waals surface area contributed by atoms with Gasteiger partial charge in [0.05, 0.1) is 0 Å². The van der Waals surface area contributed by atoms with Crippen LogP contribution in [0.2, 0.25) is 0 Å². The van der Waals surface area contributed by atoms with Crippen LogP contribution in [0.3, 0.4) is 0 Å². The minimum Gasteiger partial charge on any atom is -0.207 e. The summed E-state index contributed by atoms with van der Waals surface area (Å²) in [6.45, 7) is 0. The first kappa shape index (κ1) is 8.28. The van der Waals surface area contributed by atoms with Gasteiger partial charge >= 0.3 is 0 Å². The first-order valence-corrected chi connectivity index (χ1v) is 3.84. The lowest BCUT2D eigenvalue weighted by molar-refractivity contribution is 0.628. The van der Waals surface area contributed by atoms with Crippen LogP contribution < -0.4 is 0 Å². The van der Waals surface area contributed by atoms with Gasteiger partial charge in [0.15, 0.2) is 0 Å². The van der Waals surface area contributed by atoms with E-state index in [9.17, 15) is 4.39 Å². The van der Waals surface area contributed by atoms with Gasteiger partial charge in [-0.1, -0.05) is 24.3 Å². The molecule has 11 heavy (non-hydrogen) atoms. The molecule has 0 N–H and O–H groups in total. The van der Waals surface area contributed by atoms with E-state index in [1.54, 1.807) is 12.1 Å². The molecule has 1 rings (SSSR count). The molecule has 1 aromatic carbocycles. The van der Waals surface area contributed by atoms with Crippen molar-refractivity contribution in [1.29, 1.82) is 0 Å². The Labute approximate surface area is 70.3 Å². The molecule has 2 heteroatoms. The molecule has 0 spiro atoms. The van der Waals surface area contributed by atoms with Gasteiger partial charge in [-0.15, -0.1) is 11.6 Å². The largest absolute Gasteiger partial charge is 0.207 e. The molecule has 0 nitrogen and oxygen atoms in total. The van der Waals surface area contributed by atoms with Crippen molar-refractivity contribution >= 4 is 17.7 Å². The molecule has 58 valence electrons. The third kappa shape index (κ3) is 2.72. The van der Waals surface area contributed by atoms with E-state index in [1.807, 2.05) is 12.2 Å². The molecule has 0 amide bonds. The molecule has 0 atom stereocenters. The summed E-state index contributed by atoms with van der Waals surface area (Å²) in [4.78, 5) is 0. The Morgan fingerprint density at radius 3 is 2.45 bits per heavy atom. The van der Waals surface area contributed by atoms with E-state index in [0.717, 1.165) is 5.56 Å². The van der Waals surface area contributed by atoms with Crippen LogP contribution in [0.1, 0.15) is 5.56 Å². The molecular weight excluding hydrogens is 163 g/mol. The third-order valence-electron chi connectivity index (χ3n) is 1.27. The highest BCUT2D eigenvalue weighted by Crippen LogP contribution is 2.04. The van der Waals surface area contributed by atoms with Crippen molar-refractivity contribution in [3.63, 3.8) is 0 Å². The summed E-state index contributed by atoms with van der Waals surface area (Å²) in [5.41, 5.74) is 0.965. The summed E-state index contributed by atoms with van der Waals surface area (Å²) in [6, 6.07) is 6.26. The lowest BCUT2D eigenvalue weighted by Gasteiger charge is -1.90. The second-order valence-electron chi connectivity index (χ2n) is 2.11. The lowest BCUT2D eigenvalue weighted by Crippen LogP contribution is -1.73. The number of hydrogen-bond acceptors (Lipinski definition) is 0. The quantitative estimate of drug-likeness (QED) is 0.599. The van der Waals surface area contributed by atoms with E-state index in [2.05, 4.69) is 0 Å². The summed E-state index contributed by atoms with van der Waals surface area (Å²) >= 11 is 5.42. The van der Waals surface area contributed by atoms with Crippen LogP contribution in [-0.4, -0.2) is 5.88 Å². The maximum atomic E-state index is 12.4. The summed E-state index contributed by atoms with van der Waals surface area (Å²) < 4.78 is 12.4. The van der Waals surface area contributed by atoms with Crippen LogP contribution in [0, 0.1) is 5.82 Å². The third-order valence-corrected chi connectivity index (χ3v) is 1.45. The minimum absolute atomic E-state index is 0.215. The van der Waals surface area contributed by atoms with Crippen LogP contribution >= 0.6 is 11.6 Å². The number of halogens is 2. The Morgan fingerprint density at radius 1 is 1.27 bits per heavy atom. The lowest BCUT2D eigenvalue weighted by atomic mass is 10.2. The second-order valence-corrected chi connectivity index (χ2v) is 2.42. The molecule has 0 aliphatic heterocycles. The van der Waals surface area contributed by atoms with Gasteiger partial charge in [0.25, 0.3) is 0 Å². The van der Waals surface area contributed by atoms with Crippen LogP contribution in [0.4, 0.5) is 4.39 Å². The molecule has 0 saturated carbocycles. The van der Waals surface area contributed by atoms with E-state index in [4.69, 9.17) is 11.6 Å². The zero-order valence-corrected chi connectivity index (χ0v) is 6.68. The molecule has 0 bridgehead atoms. The first-order valence-electron chi connectivity index (χ1n) is 3.31. The fourth-order valence-corrected chi connectivity index (χ4v) is 0.844. The molecule has 0 fully saturated rings. The van der Waals surface area contributed by atoms with Gasteiger partial charge in [0.2, 0.25) is 0 Å². The zero-order chi connectivity index (χ0) is 8.10. The number of rotatable bonds is 2. The minimum atomic E-state index is -0.215. The van der Waals surface area contributed by atoms with E-state index in [-0.39, 0.29) is 5.82 Å². The van der Waals surface area contributed by atoms with E-state index in [1.165, 1.54) is 12.1 Å². The second kappa shape index (κ2) is 4.14. The molecule has 0 heterocycles. The van der Waals surface area contributed by atoms with Crippen LogP contribution in [0.15, 0.2) is 30.3 Å². The van der Waals surface area contributed by atoms with Crippen molar-refractivity contribution in [3.8, 4) is 0 Å². The van der Waals surface area contributed by atoms with Crippen molar-refractivity contribution < 1.29 is 4.39 Å². The fourth-order valence-electron chi connectivity index (χ4n) is 0.755. The number of alkyl halides is 1. The van der Waals surface area contributed by atoms with Gasteiger partial charge < -0.3 is 0 Å². The average molecular weight is 171 g/mol. The Kier molecular flexibility index (Phi) is 3.12. The molecule has 0 saturated heterocycles. The van der Waals surface area contributed by atoms with Gasteiger partial charge in [-0.2, -0.15) is 0 Å². The summed E-state index contributed by atoms with van der Waals surface area (Å²) in [5, 5.41) is 0. The summed E-state index contributed by atoms with van der Waals surface area (Å²) in [5.74, 6) is 0.269. The van der Waals surface area contributed by atoms with Crippen LogP contribution in [0.25, 0.3) is 6.08 Å². The molecule has 0 radical (unpaired) electrons. The molecule has 0 unspecified atom stereocenters. The Balaban J connectivity index is 2.73. The highest BCUT2D eigenvalue weighted by atomic mass is 35.5. The van der Waals surface area contributed by atoms with Gasteiger partial charge in [-0.05, 0) is 17.7 Å². The smallest absolute Gasteiger partial charge is 0.123 e. The fraction of sp³-hybridized carbons (Fsp3) is 0.111. The monoisotopic (exact) mass is 170 g/mol. The highest BCUT2D eigenvalue weighted by molar-refractivity contribution is 6.19. The normalized spacial score (nSPS) is 10.7. The van der Waals surface area contributed by atoms with Gasteiger partial charge in [0.1, 0.15) is 5.82 Å². The van der Waals surface area contributed by atoms with Crippen molar-refractivity contribution in [2.24, 2.45) is 0 Å². The number of allylic oxidation sites excluding steroid dienone is 1.